The molecule has 1 saturated carbocycles. The quantitative estimate of drug-likeness (QED) is 0.866. The summed E-state index contributed by atoms with van der Waals surface area (Å²) in [5.41, 5.74) is 0. The monoisotopic (exact) mass is 261 g/mol. The van der Waals surface area contributed by atoms with Crippen LogP contribution in [-0.4, -0.2) is 42.2 Å². The maximum Gasteiger partial charge on any atom is 0.134 e. The summed E-state index contributed by atoms with van der Waals surface area (Å²) in [5, 5.41) is 6.93. The van der Waals surface area contributed by atoms with Gasteiger partial charge in [0, 0.05) is 38.3 Å². The minimum Gasteiger partial charge on any atom is -0.367 e. The molecule has 0 spiro atoms. The molecular weight excluding hydrogens is 238 g/mol. The Labute approximate surface area is 114 Å². The van der Waals surface area contributed by atoms with E-state index in [-0.39, 0.29) is 0 Å². The lowest BCUT2D eigenvalue weighted by atomic mass is 9.95. The van der Waals surface area contributed by atoms with Crippen LogP contribution in [0, 0.1) is 0 Å². The van der Waals surface area contributed by atoms with Crippen molar-refractivity contribution in [3.8, 4) is 0 Å². The van der Waals surface area contributed by atoms with Crippen molar-refractivity contribution in [3.63, 3.8) is 0 Å². The van der Waals surface area contributed by atoms with Gasteiger partial charge in [-0.1, -0.05) is 19.3 Å². The van der Waals surface area contributed by atoms with E-state index in [1.165, 1.54) is 32.1 Å². The van der Waals surface area contributed by atoms with E-state index in [4.69, 9.17) is 0 Å². The second kappa shape index (κ2) is 6.19. The number of rotatable bonds is 3. The normalized spacial score (nSPS) is 21.4. The highest BCUT2D eigenvalue weighted by molar-refractivity contribution is 5.49. The van der Waals surface area contributed by atoms with Gasteiger partial charge >= 0.3 is 0 Å². The largest absolute Gasteiger partial charge is 0.367 e. The third kappa shape index (κ3) is 3.35. The molecule has 2 fully saturated rings. The molecule has 0 radical (unpaired) electrons. The Morgan fingerprint density at radius 1 is 1.11 bits per heavy atom. The zero-order valence-corrected chi connectivity index (χ0v) is 11.4. The highest BCUT2D eigenvalue weighted by atomic mass is 15.2. The highest BCUT2D eigenvalue weighted by Crippen LogP contribution is 2.22. The van der Waals surface area contributed by atoms with Gasteiger partial charge in [0.05, 0.1) is 0 Å². The molecule has 0 aromatic carbocycles. The molecule has 1 aliphatic carbocycles. The van der Waals surface area contributed by atoms with Gasteiger partial charge < -0.3 is 15.5 Å². The molecule has 1 aromatic heterocycles. The second-order valence-electron chi connectivity index (χ2n) is 5.48. The topological polar surface area (TPSA) is 53.1 Å². The van der Waals surface area contributed by atoms with Crippen molar-refractivity contribution in [1.82, 2.24) is 15.3 Å². The van der Waals surface area contributed by atoms with Gasteiger partial charge in [-0.2, -0.15) is 0 Å². The SMILES string of the molecule is c1nc(NC2CCCCC2)cc(N2CCNCC2)n1. The van der Waals surface area contributed by atoms with Crippen molar-refractivity contribution >= 4 is 11.6 Å². The third-order valence-corrected chi connectivity index (χ3v) is 4.05. The zero-order valence-electron chi connectivity index (χ0n) is 11.4. The first-order chi connectivity index (χ1) is 9.42. The van der Waals surface area contributed by atoms with Crippen molar-refractivity contribution in [2.75, 3.05) is 36.4 Å². The Morgan fingerprint density at radius 3 is 2.68 bits per heavy atom. The summed E-state index contributed by atoms with van der Waals surface area (Å²) in [5.74, 6) is 2.03. The van der Waals surface area contributed by atoms with Gasteiger partial charge in [-0.05, 0) is 12.8 Å². The lowest BCUT2D eigenvalue weighted by molar-refractivity contribution is 0.462. The van der Waals surface area contributed by atoms with Crippen LogP contribution in [0.3, 0.4) is 0 Å². The first-order valence-corrected chi connectivity index (χ1v) is 7.46. The van der Waals surface area contributed by atoms with E-state index in [0.717, 1.165) is 37.8 Å². The van der Waals surface area contributed by atoms with Crippen LogP contribution in [0.15, 0.2) is 12.4 Å². The molecule has 1 aliphatic heterocycles. The molecule has 2 N–H and O–H groups in total. The van der Waals surface area contributed by atoms with Gasteiger partial charge in [0.1, 0.15) is 18.0 Å². The fourth-order valence-electron chi connectivity index (χ4n) is 2.95. The summed E-state index contributed by atoms with van der Waals surface area (Å²) in [7, 11) is 0. The van der Waals surface area contributed by atoms with Crippen LogP contribution in [0.4, 0.5) is 11.6 Å². The highest BCUT2D eigenvalue weighted by Gasteiger charge is 2.15. The van der Waals surface area contributed by atoms with E-state index in [1.807, 2.05) is 0 Å². The van der Waals surface area contributed by atoms with Crippen molar-refractivity contribution in [2.45, 2.75) is 38.1 Å². The van der Waals surface area contributed by atoms with Gasteiger partial charge in [0.15, 0.2) is 0 Å². The lowest BCUT2D eigenvalue weighted by Gasteiger charge is -2.29. The number of piperazine rings is 1. The molecule has 0 bridgehead atoms. The minimum atomic E-state index is 0.597. The standard InChI is InChI=1S/C14H23N5/c1-2-4-12(5-3-1)18-13-10-14(17-11-16-13)19-8-6-15-7-9-19/h10-12,15H,1-9H2,(H,16,17,18). The lowest BCUT2D eigenvalue weighted by Crippen LogP contribution is -2.43. The first-order valence-electron chi connectivity index (χ1n) is 7.46. The van der Waals surface area contributed by atoms with Crippen LogP contribution in [0.25, 0.3) is 0 Å². The zero-order chi connectivity index (χ0) is 12.9. The summed E-state index contributed by atoms with van der Waals surface area (Å²) in [4.78, 5) is 11.1. The average molecular weight is 261 g/mol. The number of hydrogen-bond donors (Lipinski definition) is 2. The second-order valence-corrected chi connectivity index (χ2v) is 5.48. The maximum atomic E-state index is 4.40. The number of anilines is 2. The molecule has 3 rings (SSSR count). The molecule has 0 atom stereocenters. The Morgan fingerprint density at radius 2 is 1.89 bits per heavy atom. The predicted molar refractivity (Wildman–Crippen MR) is 77.6 cm³/mol. The fourth-order valence-corrected chi connectivity index (χ4v) is 2.95. The van der Waals surface area contributed by atoms with Crippen LogP contribution in [-0.2, 0) is 0 Å². The van der Waals surface area contributed by atoms with E-state index < -0.39 is 0 Å². The Balaban J connectivity index is 1.64. The third-order valence-electron chi connectivity index (χ3n) is 4.05. The summed E-state index contributed by atoms with van der Waals surface area (Å²) in [6.07, 6.45) is 8.29. The number of nitrogens with zero attached hydrogens (tertiary/aromatic N) is 3. The summed E-state index contributed by atoms with van der Waals surface area (Å²) >= 11 is 0. The Kier molecular flexibility index (Phi) is 4.13. The summed E-state index contributed by atoms with van der Waals surface area (Å²) < 4.78 is 0. The first kappa shape index (κ1) is 12.7. The van der Waals surface area contributed by atoms with Crippen molar-refractivity contribution in [1.29, 1.82) is 0 Å². The van der Waals surface area contributed by atoms with Gasteiger partial charge in [-0.15, -0.1) is 0 Å². The molecule has 5 nitrogen and oxygen atoms in total. The van der Waals surface area contributed by atoms with E-state index in [2.05, 4.69) is 31.6 Å². The maximum absolute atomic E-state index is 4.40. The smallest absolute Gasteiger partial charge is 0.134 e. The minimum absolute atomic E-state index is 0.597. The number of hydrogen-bond acceptors (Lipinski definition) is 5. The number of nitrogens with one attached hydrogen (secondary N) is 2. The molecule has 0 unspecified atom stereocenters. The summed E-state index contributed by atoms with van der Waals surface area (Å²) in [6.45, 7) is 4.13. The van der Waals surface area contributed by atoms with Gasteiger partial charge in [0.25, 0.3) is 0 Å². The van der Waals surface area contributed by atoms with Crippen LogP contribution in [0.2, 0.25) is 0 Å². The van der Waals surface area contributed by atoms with E-state index >= 15 is 0 Å². The van der Waals surface area contributed by atoms with Gasteiger partial charge in [0.2, 0.25) is 0 Å². The average Bonchev–Trinajstić information content (AvgIpc) is 2.49. The van der Waals surface area contributed by atoms with Gasteiger partial charge in [-0.3, -0.25) is 0 Å². The van der Waals surface area contributed by atoms with E-state index in [0.29, 0.717) is 6.04 Å². The molecule has 2 heterocycles. The van der Waals surface area contributed by atoms with Crippen LogP contribution in [0.1, 0.15) is 32.1 Å². The summed E-state index contributed by atoms with van der Waals surface area (Å²) in [6, 6.07) is 2.69. The van der Waals surface area contributed by atoms with Crippen LogP contribution < -0.4 is 15.5 Å². The Hall–Kier alpha value is -1.36. The number of aromatic nitrogens is 2. The van der Waals surface area contributed by atoms with Crippen molar-refractivity contribution in [3.05, 3.63) is 12.4 Å². The molecule has 19 heavy (non-hydrogen) atoms. The molecular formula is C14H23N5. The van der Waals surface area contributed by atoms with Crippen LogP contribution >= 0.6 is 0 Å². The predicted octanol–water partition coefficient (Wildman–Crippen LogP) is 1.63. The molecule has 1 aromatic rings. The molecule has 5 heteroatoms. The molecule has 104 valence electrons. The fraction of sp³-hybridized carbons (Fsp3) is 0.714. The Bertz CT molecular complexity index is 397. The van der Waals surface area contributed by atoms with E-state index in [1.54, 1.807) is 6.33 Å². The van der Waals surface area contributed by atoms with Crippen molar-refractivity contribution in [2.24, 2.45) is 0 Å². The molecule has 1 saturated heterocycles. The van der Waals surface area contributed by atoms with Crippen molar-refractivity contribution < 1.29 is 0 Å². The van der Waals surface area contributed by atoms with Gasteiger partial charge in [-0.25, -0.2) is 9.97 Å². The van der Waals surface area contributed by atoms with E-state index in [9.17, 15) is 0 Å². The van der Waals surface area contributed by atoms with Crippen LogP contribution in [0.5, 0.6) is 0 Å². The molecule has 0 amide bonds. The molecule has 2 aliphatic rings.